The zero-order valence-corrected chi connectivity index (χ0v) is 22.9. The zero-order valence-electron chi connectivity index (χ0n) is 22.0. The van der Waals surface area contributed by atoms with Crippen molar-refractivity contribution in [2.24, 2.45) is 17.6 Å². The van der Waals surface area contributed by atoms with Gasteiger partial charge in [0, 0.05) is 23.2 Å². The smallest absolute Gasteiger partial charge is 0.394 e. The number of aliphatic hydroxyl groups excluding tert-OH is 2. The number of primary amides is 1. The van der Waals surface area contributed by atoms with E-state index in [9.17, 15) is 34.8 Å². The van der Waals surface area contributed by atoms with Gasteiger partial charge in [0.1, 0.15) is 22.8 Å². The number of benzene rings is 1. The monoisotopic (exact) mass is 584 g/mol. The first kappa shape index (κ1) is 30.8. The fourth-order valence-electron chi connectivity index (χ4n) is 5.77. The predicted molar refractivity (Wildman–Crippen MR) is 142 cm³/mol. The molecule has 11 N–H and O–H groups in total. The summed E-state index contributed by atoms with van der Waals surface area (Å²) < 4.78 is 31.6. The van der Waals surface area contributed by atoms with Crippen LogP contribution in [0.4, 0.5) is 11.4 Å². The molecule has 3 aliphatic rings. The maximum absolute atomic E-state index is 13.8. The lowest BCUT2D eigenvalue weighted by atomic mass is 9.57. The lowest BCUT2D eigenvalue weighted by Crippen LogP contribution is -2.65. The van der Waals surface area contributed by atoms with E-state index in [0.29, 0.717) is 11.3 Å². The third-order valence-electron chi connectivity index (χ3n) is 7.19. The Morgan fingerprint density at radius 1 is 1.18 bits per heavy atom. The van der Waals surface area contributed by atoms with Gasteiger partial charge in [-0.05, 0) is 58.3 Å². The van der Waals surface area contributed by atoms with Crippen LogP contribution in [0.25, 0.3) is 5.76 Å². The molecule has 4 rings (SSSR count). The van der Waals surface area contributed by atoms with E-state index in [0.717, 1.165) is 0 Å². The topological polar surface area (TPSA) is 274 Å². The molecule has 16 heteroatoms. The quantitative estimate of drug-likeness (QED) is 0.0723. The van der Waals surface area contributed by atoms with Crippen LogP contribution in [0.15, 0.2) is 23.0 Å². The Balaban J connectivity index is 0.000000810. The number of ketones is 2. The molecule has 0 saturated heterocycles. The van der Waals surface area contributed by atoms with Crippen LogP contribution >= 0.6 is 0 Å². The number of nitrogen functional groups attached to an aromatic ring is 1. The minimum absolute atomic E-state index is 0.00275. The lowest BCUT2D eigenvalue weighted by Gasteiger charge is -2.50. The molecule has 1 fully saturated rings. The lowest BCUT2D eigenvalue weighted by molar-refractivity contribution is -0.153. The molecule has 1 amide bonds. The van der Waals surface area contributed by atoms with Crippen molar-refractivity contribution in [3.05, 3.63) is 34.1 Å². The van der Waals surface area contributed by atoms with Crippen molar-refractivity contribution < 1.29 is 52.3 Å². The molecule has 2 unspecified atom stereocenters. The number of phenols is 1. The molecule has 40 heavy (non-hydrogen) atoms. The summed E-state index contributed by atoms with van der Waals surface area (Å²) in [5.74, 6) is -6.99. The number of hydrogen-bond donors (Lipinski definition) is 9. The number of nitrogens with one attached hydrogen (secondary N) is 1. The molecule has 0 radical (unpaired) electrons. The summed E-state index contributed by atoms with van der Waals surface area (Å²) in [5, 5.41) is 47.6. The number of Topliss-reactive ketones (excluding diaryl/α,β-unsaturated/α-hetero) is 2. The fraction of sp³-hybridized carbons (Fsp3) is 0.458. The van der Waals surface area contributed by atoms with Gasteiger partial charge in [-0.1, -0.05) is 0 Å². The molecule has 0 bridgehead atoms. The highest BCUT2D eigenvalue weighted by Gasteiger charge is 2.64. The van der Waals surface area contributed by atoms with Crippen LogP contribution in [0, 0.1) is 11.8 Å². The Labute approximate surface area is 229 Å². The van der Waals surface area contributed by atoms with Gasteiger partial charge in [0.05, 0.1) is 17.3 Å². The zero-order chi connectivity index (χ0) is 30.6. The molecule has 0 aliphatic heterocycles. The number of fused-ring (bicyclic) bond motifs is 3. The number of likely N-dealkylation sites (N-methyl/N-ethyl adjacent to an activating group) is 1. The minimum atomic E-state index is -4.67. The molecular weight excluding hydrogens is 552 g/mol. The Kier molecular flexibility index (Phi) is 7.99. The van der Waals surface area contributed by atoms with Gasteiger partial charge < -0.3 is 37.2 Å². The Hall–Kier alpha value is -3.70. The summed E-state index contributed by atoms with van der Waals surface area (Å²) in [7, 11) is -1.56. The first-order valence-corrected chi connectivity index (χ1v) is 13.4. The highest BCUT2D eigenvalue weighted by molar-refractivity contribution is 7.79. The maximum atomic E-state index is 13.8. The number of phenolic OH excluding ortho intramolecular Hbond substituents is 1. The molecule has 1 aromatic rings. The minimum Gasteiger partial charge on any atom is -0.508 e. The first-order chi connectivity index (χ1) is 18.2. The van der Waals surface area contributed by atoms with Crippen molar-refractivity contribution in [1.82, 2.24) is 4.90 Å². The van der Waals surface area contributed by atoms with Crippen molar-refractivity contribution >= 4 is 45.0 Å². The number of aliphatic hydroxyl groups is 3. The van der Waals surface area contributed by atoms with Crippen LogP contribution in [0.5, 0.6) is 5.75 Å². The summed E-state index contributed by atoms with van der Waals surface area (Å²) >= 11 is 0. The number of rotatable bonds is 4. The third kappa shape index (κ3) is 5.11. The molecule has 3 aliphatic carbocycles. The summed E-state index contributed by atoms with van der Waals surface area (Å²) in [6, 6.07) is 0.422. The molecule has 0 heterocycles. The van der Waals surface area contributed by atoms with Gasteiger partial charge in [-0.3, -0.25) is 28.4 Å². The van der Waals surface area contributed by atoms with Crippen molar-refractivity contribution in [3.63, 3.8) is 0 Å². The van der Waals surface area contributed by atoms with Gasteiger partial charge in [-0.25, -0.2) is 0 Å². The highest BCUT2D eigenvalue weighted by atomic mass is 32.3. The molecule has 1 aromatic carbocycles. The molecule has 0 aromatic heterocycles. The van der Waals surface area contributed by atoms with E-state index >= 15 is 0 Å². The standard InChI is InChI=1S/C24H30N4O7.H2O4S/c1-8(2)27-13-7-12(25)18(29)15-10(13)5-9-6-11-17(28(3)4)20(31)16(23(26)34)22(33)24(11,35)21(32)14(9)19(15)30;1-5(2,3)4/h7-9,11,17,27,29-30,33,35H,5-6,25H2,1-4H3,(H2,26,34);(H2,1,2,3,4)/t9?,11?,17-,24-;/m0./s1. The largest absolute Gasteiger partial charge is 0.508 e. The second-order valence-electron chi connectivity index (χ2n) is 10.4. The SMILES string of the molecule is CC(C)Nc1cc(N)c(O)c2c1CC1CC3[C@H](N(C)C)C(=O)C(C(N)=O)=C(O)[C@@]3(O)C(=O)C1=C2O.O=S(=O)(O)O. The summed E-state index contributed by atoms with van der Waals surface area (Å²) in [4.78, 5) is 40.4. The van der Waals surface area contributed by atoms with Crippen LogP contribution in [0.2, 0.25) is 0 Å². The van der Waals surface area contributed by atoms with Crippen LogP contribution in [-0.4, -0.2) is 92.1 Å². The van der Waals surface area contributed by atoms with E-state index in [1.807, 2.05) is 13.8 Å². The predicted octanol–water partition coefficient (Wildman–Crippen LogP) is -0.286. The van der Waals surface area contributed by atoms with Crippen LogP contribution in [0.1, 0.15) is 31.4 Å². The second-order valence-corrected chi connectivity index (χ2v) is 11.3. The average Bonchev–Trinajstić information content (AvgIpc) is 2.77. The number of nitrogens with two attached hydrogens (primary N) is 2. The van der Waals surface area contributed by atoms with Gasteiger partial charge in [-0.15, -0.1) is 0 Å². The van der Waals surface area contributed by atoms with E-state index in [1.54, 1.807) is 20.2 Å². The Bertz CT molecular complexity index is 1460. The number of carbonyl (C=O) groups is 3. The maximum Gasteiger partial charge on any atom is 0.394 e. The van der Waals surface area contributed by atoms with E-state index in [-0.39, 0.29) is 35.7 Å². The molecular formula is C24H32N4O11S. The number of aromatic hydroxyl groups is 1. The Morgan fingerprint density at radius 2 is 1.73 bits per heavy atom. The highest BCUT2D eigenvalue weighted by Crippen LogP contribution is 2.54. The van der Waals surface area contributed by atoms with Crippen molar-refractivity contribution in [1.29, 1.82) is 0 Å². The van der Waals surface area contributed by atoms with Gasteiger partial charge in [0.25, 0.3) is 5.91 Å². The third-order valence-corrected chi connectivity index (χ3v) is 7.19. The van der Waals surface area contributed by atoms with E-state index in [2.05, 4.69) is 5.32 Å². The molecule has 4 atom stereocenters. The first-order valence-electron chi connectivity index (χ1n) is 12.0. The van der Waals surface area contributed by atoms with Crippen molar-refractivity contribution in [2.45, 2.75) is 44.4 Å². The summed E-state index contributed by atoms with van der Waals surface area (Å²) in [6.07, 6.45) is 0.218. The number of nitrogens with zero attached hydrogens (tertiary/aromatic N) is 1. The number of anilines is 2. The van der Waals surface area contributed by atoms with E-state index < -0.39 is 74.2 Å². The normalized spacial score (nSPS) is 26.2. The van der Waals surface area contributed by atoms with Crippen molar-refractivity contribution in [3.8, 4) is 5.75 Å². The van der Waals surface area contributed by atoms with Crippen LogP contribution < -0.4 is 16.8 Å². The van der Waals surface area contributed by atoms with Crippen molar-refractivity contribution in [2.75, 3.05) is 25.1 Å². The summed E-state index contributed by atoms with van der Waals surface area (Å²) in [6.45, 7) is 3.81. The van der Waals surface area contributed by atoms with Crippen LogP contribution in [0.3, 0.4) is 0 Å². The second kappa shape index (κ2) is 10.4. The van der Waals surface area contributed by atoms with E-state index in [1.165, 1.54) is 4.90 Å². The number of carbonyl (C=O) groups excluding carboxylic acids is 3. The molecule has 15 nitrogen and oxygen atoms in total. The molecule has 220 valence electrons. The number of hydrogen-bond acceptors (Lipinski definition) is 12. The van der Waals surface area contributed by atoms with Crippen LogP contribution in [-0.2, 0) is 31.2 Å². The molecule has 1 saturated carbocycles. The van der Waals surface area contributed by atoms with Gasteiger partial charge in [0.2, 0.25) is 5.78 Å². The van der Waals surface area contributed by atoms with Gasteiger partial charge in [0.15, 0.2) is 11.4 Å². The summed E-state index contributed by atoms with van der Waals surface area (Å²) in [5.41, 5.74) is 8.60. The molecule has 0 spiro atoms. The fourth-order valence-corrected chi connectivity index (χ4v) is 5.77. The Morgan fingerprint density at radius 3 is 2.20 bits per heavy atom. The van der Waals surface area contributed by atoms with E-state index in [4.69, 9.17) is 29.0 Å². The number of amides is 1. The van der Waals surface area contributed by atoms with Gasteiger partial charge >= 0.3 is 10.4 Å². The average molecular weight is 585 g/mol. The van der Waals surface area contributed by atoms with Gasteiger partial charge in [-0.2, -0.15) is 8.42 Å².